The second-order valence-electron chi connectivity index (χ2n) is 7.58. The lowest BCUT2D eigenvalue weighted by Crippen LogP contribution is -2.39. The van der Waals surface area contributed by atoms with Gasteiger partial charge in [-0.15, -0.1) is 11.3 Å². The zero-order valence-electron chi connectivity index (χ0n) is 16.1. The van der Waals surface area contributed by atoms with Crippen molar-refractivity contribution in [2.24, 2.45) is 0 Å². The fourth-order valence-electron chi connectivity index (χ4n) is 3.86. The molecule has 148 valence electrons. The van der Waals surface area contributed by atoms with Gasteiger partial charge in [-0.1, -0.05) is 5.16 Å². The molecule has 2 fully saturated rings. The van der Waals surface area contributed by atoms with Crippen molar-refractivity contribution >= 4 is 11.3 Å². The number of hydrogen-bond donors (Lipinski definition) is 0. The second-order valence-corrected chi connectivity index (χ2v) is 8.58. The molecule has 27 heavy (non-hydrogen) atoms. The van der Waals surface area contributed by atoms with Crippen molar-refractivity contribution in [1.29, 1.82) is 0 Å². The molecule has 0 aromatic carbocycles. The summed E-state index contributed by atoms with van der Waals surface area (Å²) in [5.74, 6) is 1.88. The van der Waals surface area contributed by atoms with Crippen molar-refractivity contribution in [2.45, 2.75) is 57.6 Å². The Hall–Kier alpha value is -1.28. The van der Waals surface area contributed by atoms with Crippen LogP contribution in [0.15, 0.2) is 16.0 Å². The van der Waals surface area contributed by atoms with E-state index in [0.717, 1.165) is 63.8 Å². The topological polar surface area (TPSA) is 60.6 Å². The number of likely N-dealkylation sites (tertiary alicyclic amines) is 1. The van der Waals surface area contributed by atoms with Gasteiger partial charge in [0.05, 0.1) is 12.7 Å². The summed E-state index contributed by atoms with van der Waals surface area (Å²) in [5, 5.41) is 6.32. The maximum absolute atomic E-state index is 6.14. The lowest BCUT2D eigenvalue weighted by atomic mass is 10.0. The lowest BCUT2D eigenvalue weighted by molar-refractivity contribution is -0.00154. The van der Waals surface area contributed by atoms with Gasteiger partial charge in [-0.25, -0.2) is 0 Å². The number of aryl methyl sites for hydroxylation is 1. The van der Waals surface area contributed by atoms with Gasteiger partial charge in [0.25, 0.3) is 0 Å². The van der Waals surface area contributed by atoms with Crippen LogP contribution in [0.1, 0.15) is 53.8 Å². The number of piperidine rings is 1. The number of hydrogen-bond acceptors (Lipinski definition) is 7. The molecule has 2 aromatic rings. The summed E-state index contributed by atoms with van der Waals surface area (Å²) in [6.07, 6.45) is 5.30. The molecule has 0 bridgehead atoms. The van der Waals surface area contributed by atoms with Gasteiger partial charge in [0.1, 0.15) is 0 Å². The van der Waals surface area contributed by atoms with E-state index in [1.807, 2.05) is 11.3 Å². The van der Waals surface area contributed by atoms with Gasteiger partial charge in [-0.05, 0) is 56.2 Å². The largest absolute Gasteiger partial charge is 0.381 e. The zero-order valence-corrected chi connectivity index (χ0v) is 16.9. The van der Waals surface area contributed by atoms with Crippen LogP contribution in [0.5, 0.6) is 0 Å². The van der Waals surface area contributed by atoms with Gasteiger partial charge in [-0.2, -0.15) is 4.98 Å². The average Bonchev–Trinajstić information content (AvgIpc) is 3.33. The molecule has 0 aliphatic carbocycles. The highest BCUT2D eigenvalue weighted by molar-refractivity contribution is 7.10. The monoisotopic (exact) mass is 391 g/mol. The molecule has 2 saturated heterocycles. The van der Waals surface area contributed by atoms with Crippen molar-refractivity contribution in [2.75, 3.05) is 32.9 Å². The normalized spacial score (nSPS) is 22.3. The Labute approximate surface area is 164 Å². The van der Waals surface area contributed by atoms with E-state index in [-0.39, 0.29) is 0 Å². The molecule has 2 aliphatic rings. The van der Waals surface area contributed by atoms with Crippen LogP contribution in [0.4, 0.5) is 0 Å². The molecule has 0 radical (unpaired) electrons. The molecule has 6 nitrogen and oxygen atoms in total. The molecule has 0 spiro atoms. The molecule has 4 rings (SSSR count). The first-order valence-corrected chi connectivity index (χ1v) is 10.9. The third-order valence-corrected chi connectivity index (χ3v) is 6.54. The Kier molecular flexibility index (Phi) is 6.55. The molecule has 0 N–H and O–H groups in total. The Morgan fingerprint density at radius 3 is 3.00 bits per heavy atom. The van der Waals surface area contributed by atoms with Crippen molar-refractivity contribution in [1.82, 2.24) is 15.0 Å². The first kappa shape index (κ1) is 19.1. The molecular formula is C20H29N3O3S. The molecule has 4 heterocycles. The van der Waals surface area contributed by atoms with Crippen molar-refractivity contribution in [3.8, 4) is 0 Å². The predicted molar refractivity (Wildman–Crippen MR) is 104 cm³/mol. The standard InChI is InChI=1S/C20H29N3O3S/c1-15-7-12-27-18(15)14-23-8-2-3-17(13-23)25-11-6-19-21-20(26-22-19)16-4-9-24-10-5-16/h7,12,16-17H,2-6,8-11,13-14H2,1H3. The fraction of sp³-hybridized carbons (Fsp3) is 0.700. The minimum absolute atomic E-state index is 0.306. The minimum atomic E-state index is 0.306. The Morgan fingerprint density at radius 2 is 2.19 bits per heavy atom. The summed E-state index contributed by atoms with van der Waals surface area (Å²) < 4.78 is 17.0. The molecule has 2 aromatic heterocycles. The summed E-state index contributed by atoms with van der Waals surface area (Å²) in [6, 6.07) is 2.21. The SMILES string of the molecule is Cc1ccsc1CN1CCCC(OCCc2noc(C3CCOCC3)n2)C1. The summed E-state index contributed by atoms with van der Waals surface area (Å²) in [4.78, 5) is 8.56. The van der Waals surface area contributed by atoms with E-state index < -0.39 is 0 Å². The van der Waals surface area contributed by atoms with Gasteiger partial charge < -0.3 is 14.0 Å². The zero-order chi connectivity index (χ0) is 18.5. The molecule has 1 unspecified atom stereocenters. The summed E-state index contributed by atoms with van der Waals surface area (Å²) in [7, 11) is 0. The molecule has 7 heteroatoms. The van der Waals surface area contributed by atoms with Crippen LogP contribution in [0.2, 0.25) is 0 Å². The summed E-state index contributed by atoms with van der Waals surface area (Å²) >= 11 is 1.86. The van der Waals surface area contributed by atoms with Crippen LogP contribution in [0, 0.1) is 6.92 Å². The third kappa shape index (κ3) is 5.16. The van der Waals surface area contributed by atoms with E-state index in [9.17, 15) is 0 Å². The number of aromatic nitrogens is 2. The quantitative estimate of drug-likeness (QED) is 0.719. The van der Waals surface area contributed by atoms with Crippen LogP contribution in [-0.4, -0.2) is 54.1 Å². The van der Waals surface area contributed by atoms with Crippen LogP contribution in [0.25, 0.3) is 0 Å². The molecule has 0 saturated carbocycles. The maximum Gasteiger partial charge on any atom is 0.229 e. The van der Waals surface area contributed by atoms with Crippen LogP contribution in [0.3, 0.4) is 0 Å². The summed E-state index contributed by atoms with van der Waals surface area (Å²) in [5.41, 5.74) is 1.40. The number of thiophene rings is 1. The second kappa shape index (κ2) is 9.28. The molecule has 2 aliphatic heterocycles. The van der Waals surface area contributed by atoms with Crippen LogP contribution < -0.4 is 0 Å². The predicted octanol–water partition coefficient (Wildman–Crippen LogP) is 3.56. The van der Waals surface area contributed by atoms with Gasteiger partial charge in [-0.3, -0.25) is 4.90 Å². The first-order valence-electron chi connectivity index (χ1n) is 10.0. The lowest BCUT2D eigenvalue weighted by Gasteiger charge is -2.32. The van der Waals surface area contributed by atoms with Gasteiger partial charge in [0.2, 0.25) is 5.89 Å². The Balaban J connectivity index is 1.21. The Bertz CT molecular complexity index is 711. The fourth-order valence-corrected chi connectivity index (χ4v) is 4.81. The highest BCUT2D eigenvalue weighted by Crippen LogP contribution is 2.25. The molecule has 1 atom stereocenters. The van der Waals surface area contributed by atoms with E-state index in [1.54, 1.807) is 0 Å². The minimum Gasteiger partial charge on any atom is -0.381 e. The van der Waals surface area contributed by atoms with Gasteiger partial charge >= 0.3 is 0 Å². The smallest absolute Gasteiger partial charge is 0.229 e. The first-order chi connectivity index (χ1) is 13.3. The van der Waals surface area contributed by atoms with Crippen LogP contribution in [-0.2, 0) is 22.4 Å². The van der Waals surface area contributed by atoms with Crippen molar-refractivity contribution < 1.29 is 14.0 Å². The molecule has 0 amide bonds. The van der Waals surface area contributed by atoms with Gasteiger partial charge in [0.15, 0.2) is 5.82 Å². The van der Waals surface area contributed by atoms with E-state index in [2.05, 4.69) is 33.4 Å². The van der Waals surface area contributed by atoms with Gasteiger partial charge in [0, 0.05) is 43.5 Å². The highest BCUT2D eigenvalue weighted by atomic mass is 32.1. The van der Waals surface area contributed by atoms with Crippen molar-refractivity contribution in [3.63, 3.8) is 0 Å². The summed E-state index contributed by atoms with van der Waals surface area (Å²) in [6.45, 7) is 7.64. The average molecular weight is 392 g/mol. The van der Waals surface area contributed by atoms with Crippen LogP contribution >= 0.6 is 11.3 Å². The number of nitrogens with zero attached hydrogens (tertiary/aromatic N) is 3. The van der Waals surface area contributed by atoms with E-state index in [4.69, 9.17) is 14.0 Å². The number of rotatable bonds is 7. The maximum atomic E-state index is 6.14. The Morgan fingerprint density at radius 1 is 1.30 bits per heavy atom. The number of ether oxygens (including phenoxy) is 2. The molecular weight excluding hydrogens is 362 g/mol. The van der Waals surface area contributed by atoms with E-state index >= 15 is 0 Å². The third-order valence-electron chi connectivity index (χ3n) is 5.53. The van der Waals surface area contributed by atoms with Crippen molar-refractivity contribution in [3.05, 3.63) is 33.6 Å². The van der Waals surface area contributed by atoms with E-state index in [0.29, 0.717) is 25.0 Å². The van der Waals surface area contributed by atoms with E-state index in [1.165, 1.54) is 16.9 Å². The highest BCUT2D eigenvalue weighted by Gasteiger charge is 2.23.